The fraction of sp³-hybridized carbons (Fsp3) is 0.154. The second kappa shape index (κ2) is 6.65. The number of aromatic hydroxyl groups is 1. The van der Waals surface area contributed by atoms with Gasteiger partial charge in [0.05, 0.1) is 29.4 Å². The Balaban J connectivity index is 2.04. The summed E-state index contributed by atoms with van der Waals surface area (Å²) in [6, 6.07) is 1.32. The van der Waals surface area contributed by atoms with Crippen molar-refractivity contribution in [3.05, 3.63) is 35.1 Å². The Hall–Kier alpha value is -2.43. The van der Waals surface area contributed by atoms with Gasteiger partial charge in [-0.05, 0) is 6.07 Å². The number of hydrogen-bond acceptors (Lipinski definition) is 6. The van der Waals surface area contributed by atoms with Crippen LogP contribution in [-0.4, -0.2) is 32.7 Å². The van der Waals surface area contributed by atoms with Crippen molar-refractivity contribution >= 4 is 22.4 Å². The number of pyridine rings is 1. The highest BCUT2D eigenvalue weighted by molar-refractivity contribution is 7.16. The Labute approximate surface area is 119 Å². The molecule has 0 aromatic carbocycles. The Morgan fingerprint density at radius 2 is 2.25 bits per heavy atom. The molecule has 2 heterocycles. The lowest BCUT2D eigenvalue weighted by atomic mass is 10.2. The van der Waals surface area contributed by atoms with Gasteiger partial charge in [0.25, 0.3) is 5.91 Å². The van der Waals surface area contributed by atoms with Crippen molar-refractivity contribution in [2.45, 2.75) is 6.42 Å². The highest BCUT2D eigenvalue weighted by Crippen LogP contribution is 2.18. The number of aliphatic hydroxyl groups excluding tert-OH is 1. The van der Waals surface area contributed by atoms with E-state index in [1.165, 1.54) is 29.8 Å². The van der Waals surface area contributed by atoms with Crippen molar-refractivity contribution in [2.24, 2.45) is 0 Å². The van der Waals surface area contributed by atoms with E-state index in [2.05, 4.69) is 27.1 Å². The highest BCUT2D eigenvalue weighted by Gasteiger charge is 2.09. The quantitative estimate of drug-likeness (QED) is 0.739. The maximum Gasteiger partial charge on any atom is 0.259 e. The summed E-state index contributed by atoms with van der Waals surface area (Å²) < 4.78 is 0. The molecule has 0 saturated carbocycles. The van der Waals surface area contributed by atoms with Crippen molar-refractivity contribution < 1.29 is 15.0 Å². The normalized spacial score (nSPS) is 9.65. The number of aliphatic hydroxyl groups is 1. The Morgan fingerprint density at radius 1 is 1.40 bits per heavy atom. The third kappa shape index (κ3) is 3.78. The van der Waals surface area contributed by atoms with E-state index in [0.29, 0.717) is 16.4 Å². The second-order valence-electron chi connectivity index (χ2n) is 3.69. The number of amides is 1. The SMILES string of the molecule is O=C(Nc1ncc(C#CCCO)s1)c1cncc(O)c1. The van der Waals surface area contributed by atoms with Gasteiger partial charge in [-0.3, -0.25) is 15.1 Å². The summed E-state index contributed by atoms with van der Waals surface area (Å²) in [7, 11) is 0. The number of anilines is 1. The lowest BCUT2D eigenvalue weighted by Crippen LogP contribution is -2.11. The summed E-state index contributed by atoms with van der Waals surface area (Å²) >= 11 is 1.23. The predicted octanol–water partition coefficient (Wildman–Crippen LogP) is 1.23. The van der Waals surface area contributed by atoms with Crippen LogP contribution >= 0.6 is 11.3 Å². The summed E-state index contributed by atoms with van der Waals surface area (Å²) in [4.78, 5) is 20.3. The van der Waals surface area contributed by atoms with E-state index in [-0.39, 0.29) is 17.9 Å². The summed E-state index contributed by atoms with van der Waals surface area (Å²) in [5.74, 6) is 5.12. The van der Waals surface area contributed by atoms with E-state index in [0.717, 1.165) is 0 Å². The van der Waals surface area contributed by atoms with E-state index >= 15 is 0 Å². The molecule has 0 aliphatic heterocycles. The van der Waals surface area contributed by atoms with Crippen LogP contribution in [-0.2, 0) is 0 Å². The molecule has 0 radical (unpaired) electrons. The molecule has 2 aromatic heterocycles. The van der Waals surface area contributed by atoms with Gasteiger partial charge in [-0.1, -0.05) is 23.2 Å². The van der Waals surface area contributed by atoms with Gasteiger partial charge in [0.15, 0.2) is 5.13 Å². The molecule has 0 fully saturated rings. The lowest BCUT2D eigenvalue weighted by Gasteiger charge is -2.00. The predicted molar refractivity (Wildman–Crippen MR) is 74.5 cm³/mol. The van der Waals surface area contributed by atoms with Crippen molar-refractivity contribution in [1.82, 2.24) is 9.97 Å². The van der Waals surface area contributed by atoms with Gasteiger partial charge in [-0.25, -0.2) is 4.98 Å². The maximum absolute atomic E-state index is 11.9. The van der Waals surface area contributed by atoms with Crippen LogP contribution in [0.4, 0.5) is 5.13 Å². The Bertz CT molecular complexity index is 673. The molecule has 2 rings (SSSR count). The Kier molecular flexibility index (Phi) is 4.65. The minimum atomic E-state index is -0.405. The first kappa shape index (κ1) is 14.0. The van der Waals surface area contributed by atoms with E-state index < -0.39 is 5.91 Å². The van der Waals surface area contributed by atoms with Gasteiger partial charge >= 0.3 is 0 Å². The zero-order valence-corrected chi connectivity index (χ0v) is 11.1. The van der Waals surface area contributed by atoms with Crippen LogP contribution in [0.2, 0.25) is 0 Å². The van der Waals surface area contributed by atoms with Crippen molar-refractivity contribution in [1.29, 1.82) is 0 Å². The third-order valence-electron chi connectivity index (χ3n) is 2.16. The number of aromatic nitrogens is 2. The van der Waals surface area contributed by atoms with Gasteiger partial charge in [0.1, 0.15) is 5.75 Å². The zero-order valence-electron chi connectivity index (χ0n) is 10.3. The molecule has 3 N–H and O–H groups in total. The molecule has 1 amide bonds. The van der Waals surface area contributed by atoms with Crippen LogP contribution in [0.15, 0.2) is 24.7 Å². The van der Waals surface area contributed by atoms with Gasteiger partial charge in [-0.2, -0.15) is 0 Å². The monoisotopic (exact) mass is 289 g/mol. The third-order valence-corrected chi connectivity index (χ3v) is 2.99. The molecule has 0 aliphatic rings. The van der Waals surface area contributed by atoms with Crippen molar-refractivity contribution in [3.63, 3.8) is 0 Å². The standard InChI is InChI=1S/C13H11N3O3S/c17-4-2-1-3-11-8-15-13(20-11)16-12(19)9-5-10(18)7-14-6-9/h5-8,17-18H,2,4H2,(H,15,16,19). The summed E-state index contributed by atoms with van der Waals surface area (Å²) in [6.45, 7) is 0.0138. The highest BCUT2D eigenvalue weighted by atomic mass is 32.1. The van der Waals surface area contributed by atoms with E-state index in [1.807, 2.05) is 0 Å². The molecule has 0 spiro atoms. The number of rotatable bonds is 3. The fourth-order valence-electron chi connectivity index (χ4n) is 1.32. The summed E-state index contributed by atoms with van der Waals surface area (Å²) in [5.41, 5.74) is 0.244. The minimum Gasteiger partial charge on any atom is -0.506 e. The van der Waals surface area contributed by atoms with Crippen molar-refractivity contribution in [2.75, 3.05) is 11.9 Å². The van der Waals surface area contributed by atoms with Gasteiger partial charge < -0.3 is 10.2 Å². The van der Waals surface area contributed by atoms with Gasteiger partial charge in [0.2, 0.25) is 0 Å². The zero-order chi connectivity index (χ0) is 14.4. The van der Waals surface area contributed by atoms with Crippen molar-refractivity contribution in [3.8, 4) is 17.6 Å². The number of nitrogens with zero attached hydrogens (tertiary/aromatic N) is 2. The molecule has 2 aromatic rings. The van der Waals surface area contributed by atoms with E-state index in [9.17, 15) is 9.90 Å². The summed E-state index contributed by atoms with van der Waals surface area (Å²) in [5, 5.41) is 20.9. The van der Waals surface area contributed by atoms with E-state index in [1.54, 1.807) is 6.20 Å². The molecule has 0 unspecified atom stereocenters. The van der Waals surface area contributed by atoms with Crippen LogP contribution in [0.25, 0.3) is 0 Å². The molecule has 0 aliphatic carbocycles. The second-order valence-corrected chi connectivity index (χ2v) is 4.72. The van der Waals surface area contributed by atoms with Crippen LogP contribution in [0.5, 0.6) is 5.75 Å². The van der Waals surface area contributed by atoms with Crippen LogP contribution in [0.3, 0.4) is 0 Å². The van der Waals surface area contributed by atoms with Crippen LogP contribution in [0.1, 0.15) is 21.7 Å². The maximum atomic E-state index is 11.9. The first-order valence-electron chi connectivity index (χ1n) is 5.70. The average molecular weight is 289 g/mol. The van der Waals surface area contributed by atoms with Crippen LogP contribution < -0.4 is 5.32 Å². The molecule has 7 heteroatoms. The Morgan fingerprint density at radius 3 is 3.00 bits per heavy atom. The molecular formula is C13H11N3O3S. The van der Waals surface area contributed by atoms with Gasteiger partial charge in [0, 0.05) is 12.6 Å². The molecule has 0 atom stereocenters. The van der Waals surface area contributed by atoms with E-state index in [4.69, 9.17) is 5.11 Å². The van der Waals surface area contributed by atoms with Gasteiger partial charge in [-0.15, -0.1) is 0 Å². The molecule has 0 bridgehead atoms. The number of thiazole rings is 1. The fourth-order valence-corrected chi connectivity index (χ4v) is 2.00. The smallest absolute Gasteiger partial charge is 0.259 e. The topological polar surface area (TPSA) is 95.3 Å². The number of nitrogens with one attached hydrogen (secondary N) is 1. The first-order valence-corrected chi connectivity index (χ1v) is 6.51. The van der Waals surface area contributed by atoms with Crippen LogP contribution in [0, 0.1) is 11.8 Å². The molecular weight excluding hydrogens is 278 g/mol. The largest absolute Gasteiger partial charge is 0.506 e. The molecule has 0 saturated heterocycles. The average Bonchev–Trinajstić information content (AvgIpc) is 2.86. The molecule has 20 heavy (non-hydrogen) atoms. The molecule has 102 valence electrons. The number of carbonyl (C=O) groups is 1. The lowest BCUT2D eigenvalue weighted by molar-refractivity contribution is 0.102. The number of hydrogen-bond donors (Lipinski definition) is 3. The number of carbonyl (C=O) groups excluding carboxylic acids is 1. The molecule has 6 nitrogen and oxygen atoms in total. The minimum absolute atomic E-state index is 0.0138. The first-order chi connectivity index (χ1) is 9.69. The summed E-state index contributed by atoms with van der Waals surface area (Å²) in [6.07, 6.45) is 4.54.